The van der Waals surface area contributed by atoms with Crippen molar-refractivity contribution in [3.05, 3.63) is 63.5 Å². The van der Waals surface area contributed by atoms with Gasteiger partial charge in [-0.15, -0.1) is 0 Å². The highest BCUT2D eigenvalue weighted by Gasteiger charge is 2.13. The molecule has 0 bridgehead atoms. The molecule has 7 heteroatoms. The van der Waals surface area contributed by atoms with Gasteiger partial charge >= 0.3 is 0 Å². The van der Waals surface area contributed by atoms with Gasteiger partial charge in [-0.3, -0.25) is 4.79 Å². The summed E-state index contributed by atoms with van der Waals surface area (Å²) in [6.07, 6.45) is 2.01. The molecule has 0 spiro atoms. The first-order valence-electron chi connectivity index (χ1n) is 8.47. The fourth-order valence-corrected chi connectivity index (χ4v) is 3.14. The van der Waals surface area contributed by atoms with Gasteiger partial charge in [0.05, 0.1) is 10.0 Å². The largest absolute Gasteiger partial charge is 0.348 e. The van der Waals surface area contributed by atoms with Crippen molar-refractivity contribution < 1.29 is 9.18 Å². The number of alkyl halides is 1. The standard InChI is InChI=1S/C17H16BrFN4O.C2H6/c1-10-12(4-3-5-14(10)11(2)19)7-20-17(24)13-6-15(18)16-21-9-22-23(16)8-13;1-2/h3-6,8-9,11H,7H2,1-2H3,(H,20,24);1-2H3. The Balaban J connectivity index is 0.00000117. The number of nitrogens with zero attached hydrogens (tertiary/aromatic N) is 3. The molecular formula is C19H22BrFN4O. The Bertz CT molecular complexity index is 908. The van der Waals surface area contributed by atoms with Gasteiger partial charge in [-0.1, -0.05) is 32.0 Å². The van der Waals surface area contributed by atoms with E-state index in [-0.39, 0.29) is 5.91 Å². The summed E-state index contributed by atoms with van der Waals surface area (Å²) in [4.78, 5) is 16.5. The van der Waals surface area contributed by atoms with Crippen LogP contribution in [-0.2, 0) is 6.54 Å². The summed E-state index contributed by atoms with van der Waals surface area (Å²) in [5.74, 6) is -0.230. The van der Waals surface area contributed by atoms with E-state index in [4.69, 9.17) is 0 Å². The van der Waals surface area contributed by atoms with Crippen molar-refractivity contribution in [3.63, 3.8) is 0 Å². The van der Waals surface area contributed by atoms with E-state index in [2.05, 4.69) is 31.3 Å². The van der Waals surface area contributed by atoms with E-state index in [1.165, 1.54) is 17.8 Å². The Morgan fingerprint density at radius 2 is 2.12 bits per heavy atom. The summed E-state index contributed by atoms with van der Waals surface area (Å²) in [6, 6.07) is 7.16. The van der Waals surface area contributed by atoms with E-state index in [0.717, 1.165) is 11.1 Å². The third-order valence-electron chi connectivity index (χ3n) is 3.95. The Morgan fingerprint density at radius 3 is 2.81 bits per heavy atom. The van der Waals surface area contributed by atoms with Gasteiger partial charge in [0.1, 0.15) is 12.5 Å². The number of hydrogen-bond donors (Lipinski definition) is 1. The van der Waals surface area contributed by atoms with E-state index >= 15 is 0 Å². The zero-order valence-corrected chi connectivity index (χ0v) is 16.8. The van der Waals surface area contributed by atoms with Crippen LogP contribution in [0.4, 0.5) is 4.39 Å². The highest BCUT2D eigenvalue weighted by molar-refractivity contribution is 9.10. The van der Waals surface area contributed by atoms with Crippen molar-refractivity contribution in [3.8, 4) is 0 Å². The fourth-order valence-electron chi connectivity index (χ4n) is 2.61. The van der Waals surface area contributed by atoms with Gasteiger partial charge in [-0.05, 0) is 52.5 Å². The minimum atomic E-state index is -1.04. The Labute approximate surface area is 160 Å². The maximum absolute atomic E-state index is 13.6. The second kappa shape index (κ2) is 8.89. The molecule has 1 amide bonds. The molecule has 138 valence electrons. The number of benzene rings is 1. The van der Waals surface area contributed by atoms with Crippen LogP contribution >= 0.6 is 15.9 Å². The maximum Gasteiger partial charge on any atom is 0.253 e. The van der Waals surface area contributed by atoms with Gasteiger partial charge in [0.2, 0.25) is 0 Å². The molecule has 3 rings (SSSR count). The second-order valence-corrected chi connectivity index (χ2v) is 6.39. The lowest BCUT2D eigenvalue weighted by atomic mass is 9.99. The van der Waals surface area contributed by atoms with Gasteiger partial charge in [0, 0.05) is 12.7 Å². The van der Waals surface area contributed by atoms with E-state index in [1.807, 2.05) is 26.8 Å². The highest BCUT2D eigenvalue weighted by atomic mass is 79.9. The molecule has 0 radical (unpaired) electrons. The number of carbonyl (C=O) groups is 1. The highest BCUT2D eigenvalue weighted by Crippen LogP contribution is 2.23. The number of amides is 1. The molecule has 0 aliphatic heterocycles. The van der Waals surface area contributed by atoms with Crippen LogP contribution in [0.3, 0.4) is 0 Å². The second-order valence-electron chi connectivity index (χ2n) is 5.53. The summed E-state index contributed by atoms with van der Waals surface area (Å²) in [6.45, 7) is 7.71. The lowest BCUT2D eigenvalue weighted by Gasteiger charge is -2.13. The molecular weight excluding hydrogens is 399 g/mol. The van der Waals surface area contributed by atoms with E-state index in [9.17, 15) is 9.18 Å². The number of pyridine rings is 1. The molecule has 0 saturated carbocycles. The molecule has 1 unspecified atom stereocenters. The molecule has 2 heterocycles. The smallest absolute Gasteiger partial charge is 0.253 e. The minimum absolute atomic E-state index is 0.230. The number of rotatable bonds is 4. The van der Waals surface area contributed by atoms with E-state index in [0.29, 0.717) is 27.8 Å². The van der Waals surface area contributed by atoms with Gasteiger partial charge in [0.15, 0.2) is 5.65 Å². The third kappa shape index (κ3) is 4.27. The van der Waals surface area contributed by atoms with Crippen LogP contribution in [0.2, 0.25) is 0 Å². The monoisotopic (exact) mass is 420 g/mol. The fraction of sp³-hybridized carbons (Fsp3) is 0.316. The molecule has 0 aliphatic rings. The molecule has 1 atom stereocenters. The van der Waals surface area contributed by atoms with Gasteiger partial charge in [-0.2, -0.15) is 5.10 Å². The van der Waals surface area contributed by atoms with Gasteiger partial charge in [-0.25, -0.2) is 13.9 Å². The number of aromatic nitrogens is 3. The summed E-state index contributed by atoms with van der Waals surface area (Å²) in [5, 5.41) is 6.90. The first kappa shape index (κ1) is 20.0. The number of nitrogens with one attached hydrogen (secondary N) is 1. The Kier molecular flexibility index (Phi) is 6.85. The van der Waals surface area contributed by atoms with Crippen LogP contribution in [0.25, 0.3) is 5.65 Å². The van der Waals surface area contributed by atoms with Crippen molar-refractivity contribution in [1.82, 2.24) is 19.9 Å². The predicted molar refractivity (Wildman–Crippen MR) is 104 cm³/mol. The van der Waals surface area contributed by atoms with Gasteiger partial charge in [0.25, 0.3) is 5.91 Å². The summed E-state index contributed by atoms with van der Waals surface area (Å²) >= 11 is 3.38. The summed E-state index contributed by atoms with van der Waals surface area (Å²) in [5.41, 5.74) is 3.51. The number of fused-ring (bicyclic) bond motifs is 1. The quantitative estimate of drug-likeness (QED) is 0.659. The van der Waals surface area contributed by atoms with Crippen LogP contribution in [0, 0.1) is 6.92 Å². The molecule has 3 aromatic rings. The van der Waals surface area contributed by atoms with Crippen molar-refractivity contribution in [2.75, 3.05) is 0 Å². The average Bonchev–Trinajstić information content (AvgIpc) is 3.11. The van der Waals surface area contributed by atoms with Crippen molar-refractivity contribution in [1.29, 1.82) is 0 Å². The van der Waals surface area contributed by atoms with Crippen LogP contribution < -0.4 is 5.32 Å². The number of carbonyl (C=O) groups excluding carboxylic acids is 1. The molecule has 1 aromatic carbocycles. The van der Waals surface area contributed by atoms with Crippen LogP contribution in [0.1, 0.15) is 54.0 Å². The Morgan fingerprint density at radius 1 is 1.38 bits per heavy atom. The molecule has 5 nitrogen and oxygen atoms in total. The van der Waals surface area contributed by atoms with Crippen molar-refractivity contribution >= 4 is 27.5 Å². The first-order valence-corrected chi connectivity index (χ1v) is 9.26. The van der Waals surface area contributed by atoms with Gasteiger partial charge < -0.3 is 5.32 Å². The predicted octanol–water partition coefficient (Wildman–Crippen LogP) is 4.79. The number of hydrogen-bond acceptors (Lipinski definition) is 3. The minimum Gasteiger partial charge on any atom is -0.348 e. The lowest BCUT2D eigenvalue weighted by Crippen LogP contribution is -2.24. The lowest BCUT2D eigenvalue weighted by molar-refractivity contribution is 0.0950. The van der Waals surface area contributed by atoms with E-state index < -0.39 is 6.17 Å². The molecule has 2 aromatic heterocycles. The summed E-state index contributed by atoms with van der Waals surface area (Å²) in [7, 11) is 0. The maximum atomic E-state index is 13.6. The first-order chi connectivity index (χ1) is 12.5. The molecule has 26 heavy (non-hydrogen) atoms. The number of halogens is 2. The zero-order valence-electron chi connectivity index (χ0n) is 15.3. The topological polar surface area (TPSA) is 59.3 Å². The van der Waals surface area contributed by atoms with Crippen molar-refractivity contribution in [2.45, 2.75) is 40.4 Å². The summed E-state index contributed by atoms with van der Waals surface area (Å²) < 4.78 is 15.8. The molecule has 1 N–H and O–H groups in total. The van der Waals surface area contributed by atoms with Crippen LogP contribution in [0.15, 0.2) is 41.3 Å². The molecule has 0 aliphatic carbocycles. The SMILES string of the molecule is CC.Cc1c(CNC(=O)c2cc(Br)c3ncnn3c2)cccc1C(C)F. The van der Waals surface area contributed by atoms with Crippen LogP contribution in [0.5, 0.6) is 0 Å². The van der Waals surface area contributed by atoms with E-state index in [1.54, 1.807) is 24.4 Å². The molecule has 0 fully saturated rings. The third-order valence-corrected chi connectivity index (χ3v) is 4.53. The average molecular weight is 421 g/mol. The normalized spacial score (nSPS) is 11.6. The van der Waals surface area contributed by atoms with Crippen LogP contribution in [-0.4, -0.2) is 20.5 Å². The molecule has 0 saturated heterocycles. The Hall–Kier alpha value is -2.28. The van der Waals surface area contributed by atoms with Crippen molar-refractivity contribution in [2.24, 2.45) is 0 Å². The zero-order chi connectivity index (χ0) is 19.3.